The van der Waals surface area contributed by atoms with Crippen molar-refractivity contribution < 1.29 is 9.18 Å². The molecule has 1 N–H and O–H groups in total. The highest BCUT2D eigenvalue weighted by molar-refractivity contribution is 6.33. The number of rotatable bonds is 6. The van der Waals surface area contributed by atoms with Crippen molar-refractivity contribution in [2.75, 3.05) is 5.32 Å². The number of benzene rings is 2. The van der Waals surface area contributed by atoms with Crippen molar-refractivity contribution in [1.82, 2.24) is 19.6 Å². The van der Waals surface area contributed by atoms with Gasteiger partial charge in [0.25, 0.3) is 5.91 Å². The molecule has 0 aliphatic rings. The molecule has 30 heavy (non-hydrogen) atoms. The molecule has 0 aliphatic heterocycles. The van der Waals surface area contributed by atoms with E-state index in [0.717, 1.165) is 5.56 Å². The predicted molar refractivity (Wildman–Crippen MR) is 113 cm³/mol. The SMILES string of the molecule is O=C(Nc1nn(Cc2c(F)cccc2Cl)cc1Cl)c1cccc(Cn2cccn2)c1. The molecule has 2 aromatic carbocycles. The standard InChI is InChI=1S/C21H16Cl2FN5O/c22-17-6-2-7-19(24)16(17)12-29-13-18(23)20(27-29)26-21(30)15-5-1-4-14(10-15)11-28-9-3-8-25-28/h1-10,13H,11-12H2,(H,26,27,30). The van der Waals surface area contributed by atoms with Crippen LogP contribution in [-0.4, -0.2) is 25.5 Å². The maximum Gasteiger partial charge on any atom is 0.256 e. The monoisotopic (exact) mass is 443 g/mol. The summed E-state index contributed by atoms with van der Waals surface area (Å²) in [5.41, 5.74) is 1.68. The minimum absolute atomic E-state index is 0.0838. The Bertz CT molecular complexity index is 1170. The van der Waals surface area contributed by atoms with E-state index in [1.807, 2.05) is 18.3 Å². The van der Waals surface area contributed by atoms with Crippen LogP contribution in [0.4, 0.5) is 10.2 Å². The minimum Gasteiger partial charge on any atom is -0.304 e. The van der Waals surface area contributed by atoms with Crippen molar-refractivity contribution in [3.8, 4) is 0 Å². The first-order valence-corrected chi connectivity index (χ1v) is 9.79. The van der Waals surface area contributed by atoms with Gasteiger partial charge in [-0.15, -0.1) is 0 Å². The fourth-order valence-corrected chi connectivity index (χ4v) is 3.40. The summed E-state index contributed by atoms with van der Waals surface area (Å²) in [5.74, 6) is -0.603. The van der Waals surface area contributed by atoms with Crippen LogP contribution in [0.1, 0.15) is 21.5 Å². The summed E-state index contributed by atoms with van der Waals surface area (Å²) in [7, 11) is 0. The van der Waals surface area contributed by atoms with Crippen LogP contribution in [0.3, 0.4) is 0 Å². The van der Waals surface area contributed by atoms with Crippen LogP contribution < -0.4 is 5.32 Å². The molecular formula is C21H16Cl2FN5O. The van der Waals surface area contributed by atoms with Crippen molar-refractivity contribution in [2.24, 2.45) is 0 Å². The highest BCUT2D eigenvalue weighted by Crippen LogP contribution is 2.24. The van der Waals surface area contributed by atoms with Crippen LogP contribution in [0.15, 0.2) is 67.1 Å². The second-order valence-corrected chi connectivity index (χ2v) is 7.40. The van der Waals surface area contributed by atoms with E-state index < -0.39 is 5.82 Å². The zero-order valence-corrected chi connectivity index (χ0v) is 17.1. The number of nitrogens with zero attached hydrogens (tertiary/aromatic N) is 4. The molecule has 0 fully saturated rings. The van der Waals surface area contributed by atoms with Gasteiger partial charge in [0.15, 0.2) is 5.82 Å². The Kier molecular flexibility index (Phi) is 5.83. The highest BCUT2D eigenvalue weighted by atomic mass is 35.5. The summed E-state index contributed by atoms with van der Waals surface area (Å²) in [4.78, 5) is 12.7. The van der Waals surface area contributed by atoms with Gasteiger partial charge < -0.3 is 5.32 Å². The third-order valence-corrected chi connectivity index (χ3v) is 5.05. The molecule has 0 bridgehead atoms. The molecule has 4 rings (SSSR count). The molecule has 2 aromatic heterocycles. The van der Waals surface area contributed by atoms with E-state index >= 15 is 0 Å². The number of carbonyl (C=O) groups is 1. The Morgan fingerprint density at radius 2 is 1.87 bits per heavy atom. The summed E-state index contributed by atoms with van der Waals surface area (Å²) >= 11 is 12.3. The van der Waals surface area contributed by atoms with Gasteiger partial charge in [-0.25, -0.2) is 4.39 Å². The average Bonchev–Trinajstić information content (AvgIpc) is 3.35. The molecule has 152 valence electrons. The normalized spacial score (nSPS) is 10.9. The van der Waals surface area contributed by atoms with Crippen molar-refractivity contribution in [3.05, 3.63) is 99.7 Å². The van der Waals surface area contributed by atoms with E-state index in [-0.39, 0.29) is 23.3 Å². The van der Waals surface area contributed by atoms with Crippen molar-refractivity contribution in [2.45, 2.75) is 13.1 Å². The van der Waals surface area contributed by atoms with Gasteiger partial charge in [0.1, 0.15) is 10.8 Å². The van der Waals surface area contributed by atoms with Crippen molar-refractivity contribution in [1.29, 1.82) is 0 Å². The zero-order valence-electron chi connectivity index (χ0n) is 15.6. The third-order valence-electron chi connectivity index (χ3n) is 4.42. The lowest BCUT2D eigenvalue weighted by atomic mass is 10.1. The number of carbonyl (C=O) groups excluding carboxylic acids is 1. The molecule has 4 aromatic rings. The molecule has 1 amide bonds. The van der Waals surface area contributed by atoms with Crippen LogP contribution in [0.5, 0.6) is 0 Å². The Balaban J connectivity index is 1.49. The highest BCUT2D eigenvalue weighted by Gasteiger charge is 2.15. The molecular weight excluding hydrogens is 428 g/mol. The van der Waals surface area contributed by atoms with Crippen molar-refractivity contribution in [3.63, 3.8) is 0 Å². The smallest absolute Gasteiger partial charge is 0.256 e. The van der Waals surface area contributed by atoms with Gasteiger partial charge >= 0.3 is 0 Å². The van der Waals surface area contributed by atoms with Crippen molar-refractivity contribution >= 4 is 34.9 Å². The van der Waals surface area contributed by atoms with E-state index in [1.165, 1.54) is 23.0 Å². The maximum atomic E-state index is 14.0. The topological polar surface area (TPSA) is 64.7 Å². The number of halogens is 3. The minimum atomic E-state index is -0.436. The van der Waals surface area contributed by atoms with E-state index in [2.05, 4.69) is 15.5 Å². The van der Waals surface area contributed by atoms with Crippen LogP contribution in [0, 0.1) is 5.82 Å². The summed E-state index contributed by atoms with van der Waals surface area (Å²) in [5, 5.41) is 11.6. The predicted octanol–water partition coefficient (Wildman–Crippen LogP) is 4.87. The molecule has 0 saturated carbocycles. The van der Waals surface area contributed by atoms with Crippen LogP contribution in [0.25, 0.3) is 0 Å². The molecule has 0 saturated heterocycles. The molecule has 9 heteroatoms. The van der Waals surface area contributed by atoms with E-state index in [0.29, 0.717) is 22.7 Å². The third kappa shape index (κ3) is 4.53. The van der Waals surface area contributed by atoms with Crippen LogP contribution in [-0.2, 0) is 13.1 Å². The molecule has 0 aliphatic carbocycles. The number of anilines is 1. The zero-order chi connectivity index (χ0) is 21.1. The number of hydrogen-bond donors (Lipinski definition) is 1. The molecule has 0 unspecified atom stereocenters. The maximum absolute atomic E-state index is 14.0. The van der Waals surface area contributed by atoms with Gasteiger partial charge in [0.05, 0.1) is 13.1 Å². The first-order valence-electron chi connectivity index (χ1n) is 9.03. The van der Waals surface area contributed by atoms with Gasteiger partial charge in [-0.05, 0) is 35.9 Å². The van der Waals surface area contributed by atoms with Crippen LogP contribution in [0.2, 0.25) is 10.0 Å². The molecule has 0 radical (unpaired) electrons. The molecule has 0 atom stereocenters. The lowest BCUT2D eigenvalue weighted by Crippen LogP contribution is -2.14. The number of nitrogens with one attached hydrogen (secondary N) is 1. The Labute approximate surface area is 181 Å². The second kappa shape index (κ2) is 8.69. The van der Waals surface area contributed by atoms with Gasteiger partial charge in [-0.2, -0.15) is 10.2 Å². The van der Waals surface area contributed by atoms with E-state index in [1.54, 1.807) is 35.1 Å². The van der Waals surface area contributed by atoms with Gasteiger partial charge in [0.2, 0.25) is 0 Å². The number of hydrogen-bond acceptors (Lipinski definition) is 3. The Morgan fingerprint density at radius 1 is 1.03 bits per heavy atom. The summed E-state index contributed by atoms with van der Waals surface area (Å²) in [6.45, 7) is 0.632. The van der Waals surface area contributed by atoms with Gasteiger partial charge in [-0.1, -0.05) is 41.4 Å². The lowest BCUT2D eigenvalue weighted by Gasteiger charge is -2.07. The number of amides is 1. The summed E-state index contributed by atoms with van der Waals surface area (Å²) in [6, 6.07) is 13.5. The summed E-state index contributed by atoms with van der Waals surface area (Å²) in [6.07, 6.45) is 5.05. The lowest BCUT2D eigenvalue weighted by molar-refractivity contribution is 0.102. The quantitative estimate of drug-likeness (QED) is 0.461. The second-order valence-electron chi connectivity index (χ2n) is 6.58. The Hall–Kier alpha value is -3.16. The van der Waals surface area contributed by atoms with E-state index in [4.69, 9.17) is 23.2 Å². The largest absolute Gasteiger partial charge is 0.304 e. The van der Waals surface area contributed by atoms with Crippen LogP contribution >= 0.6 is 23.2 Å². The molecule has 0 spiro atoms. The fourth-order valence-electron chi connectivity index (χ4n) is 2.98. The molecule has 2 heterocycles. The first kappa shape index (κ1) is 20.1. The number of aromatic nitrogens is 4. The summed E-state index contributed by atoms with van der Waals surface area (Å²) < 4.78 is 17.2. The first-order chi connectivity index (χ1) is 14.5. The average molecular weight is 444 g/mol. The van der Waals surface area contributed by atoms with Gasteiger partial charge in [0, 0.05) is 34.7 Å². The van der Waals surface area contributed by atoms with Gasteiger partial charge in [-0.3, -0.25) is 14.2 Å². The molecule has 6 nitrogen and oxygen atoms in total. The van der Waals surface area contributed by atoms with E-state index in [9.17, 15) is 9.18 Å². The Morgan fingerprint density at radius 3 is 2.63 bits per heavy atom. The fraction of sp³-hybridized carbons (Fsp3) is 0.0952.